The molecule has 0 radical (unpaired) electrons. The van der Waals surface area contributed by atoms with Crippen molar-refractivity contribution in [2.45, 2.75) is 12.8 Å². The number of para-hydroxylation sites is 2. The zero-order valence-electron chi connectivity index (χ0n) is 16.9. The van der Waals surface area contributed by atoms with Gasteiger partial charge in [-0.3, -0.25) is 14.5 Å². The van der Waals surface area contributed by atoms with Crippen molar-refractivity contribution < 1.29 is 19.1 Å². The Labute approximate surface area is 180 Å². The molecule has 1 aliphatic heterocycles. The Balaban J connectivity index is 1.41. The third-order valence-corrected chi connectivity index (χ3v) is 5.16. The van der Waals surface area contributed by atoms with Crippen LogP contribution in [-0.2, 0) is 27.2 Å². The molecule has 0 unspecified atom stereocenters. The molecule has 6 heteroatoms. The van der Waals surface area contributed by atoms with Crippen LogP contribution >= 0.6 is 0 Å². The molecule has 0 aliphatic carbocycles. The van der Waals surface area contributed by atoms with E-state index in [0.717, 1.165) is 12.0 Å². The monoisotopic (exact) mass is 414 g/mol. The van der Waals surface area contributed by atoms with E-state index in [4.69, 9.17) is 4.74 Å². The highest BCUT2D eigenvalue weighted by Gasteiger charge is 2.27. The smallest absolute Gasteiger partial charge is 0.338 e. The van der Waals surface area contributed by atoms with E-state index in [0.29, 0.717) is 23.4 Å². The van der Waals surface area contributed by atoms with Gasteiger partial charge in [-0.05, 0) is 42.2 Å². The first-order chi connectivity index (χ1) is 15.1. The molecule has 3 aromatic carbocycles. The van der Waals surface area contributed by atoms with Crippen molar-refractivity contribution >= 4 is 29.2 Å². The molecule has 6 nitrogen and oxygen atoms in total. The molecule has 2 amide bonds. The summed E-state index contributed by atoms with van der Waals surface area (Å²) >= 11 is 0. The maximum absolute atomic E-state index is 12.7. The Morgan fingerprint density at radius 3 is 2.42 bits per heavy atom. The van der Waals surface area contributed by atoms with E-state index >= 15 is 0 Å². The second kappa shape index (κ2) is 9.26. The first-order valence-corrected chi connectivity index (χ1v) is 10.1. The van der Waals surface area contributed by atoms with Gasteiger partial charge in [0.1, 0.15) is 6.54 Å². The van der Waals surface area contributed by atoms with Gasteiger partial charge in [0.05, 0.1) is 16.9 Å². The Bertz CT molecular complexity index is 1110. The first-order valence-electron chi connectivity index (χ1n) is 10.1. The Morgan fingerprint density at radius 1 is 0.871 bits per heavy atom. The quantitative estimate of drug-likeness (QED) is 0.625. The molecule has 0 saturated heterocycles. The minimum atomic E-state index is -0.549. The van der Waals surface area contributed by atoms with E-state index in [9.17, 15) is 14.4 Å². The lowest BCUT2D eigenvalue weighted by molar-refractivity contribution is -0.124. The molecule has 0 spiro atoms. The molecule has 0 aromatic heterocycles. The molecular formula is C25H22N2O4. The van der Waals surface area contributed by atoms with Crippen LogP contribution in [0.4, 0.5) is 11.4 Å². The fraction of sp³-hybridized carbons (Fsp3) is 0.160. The van der Waals surface area contributed by atoms with Crippen molar-refractivity contribution in [3.05, 3.63) is 95.6 Å². The summed E-state index contributed by atoms with van der Waals surface area (Å²) in [6, 6.07) is 24.3. The summed E-state index contributed by atoms with van der Waals surface area (Å²) in [5, 5.41) is 2.73. The van der Waals surface area contributed by atoms with Crippen LogP contribution in [0.3, 0.4) is 0 Å². The minimum Gasteiger partial charge on any atom is -0.452 e. The highest BCUT2D eigenvalue weighted by atomic mass is 16.5. The van der Waals surface area contributed by atoms with E-state index in [1.165, 1.54) is 10.5 Å². The summed E-state index contributed by atoms with van der Waals surface area (Å²) in [6.45, 7) is -0.547. The fourth-order valence-electron chi connectivity index (χ4n) is 3.60. The number of ether oxygens (including phenoxy) is 1. The average Bonchev–Trinajstić information content (AvgIpc) is 2.81. The van der Waals surface area contributed by atoms with Gasteiger partial charge in [-0.25, -0.2) is 4.79 Å². The molecule has 0 saturated carbocycles. The van der Waals surface area contributed by atoms with Crippen molar-refractivity contribution in [1.29, 1.82) is 0 Å². The first kappa shape index (κ1) is 20.3. The van der Waals surface area contributed by atoms with Gasteiger partial charge < -0.3 is 10.1 Å². The van der Waals surface area contributed by atoms with Gasteiger partial charge in [0, 0.05) is 0 Å². The number of fused-ring (bicyclic) bond motifs is 1. The third-order valence-electron chi connectivity index (χ3n) is 5.16. The molecule has 3 aromatic rings. The number of benzene rings is 3. The number of aryl methyl sites for hydroxylation is 2. The maximum Gasteiger partial charge on any atom is 0.338 e. The highest BCUT2D eigenvalue weighted by molar-refractivity contribution is 6.10. The summed E-state index contributed by atoms with van der Waals surface area (Å²) in [6.07, 6.45) is 1.48. The zero-order valence-corrected chi connectivity index (χ0v) is 16.9. The Kier molecular flexibility index (Phi) is 6.08. The number of carbonyl (C=O) groups excluding carboxylic acids is 3. The summed E-state index contributed by atoms with van der Waals surface area (Å²) in [7, 11) is 0. The third kappa shape index (κ3) is 4.80. The van der Waals surface area contributed by atoms with Crippen molar-refractivity contribution in [3.8, 4) is 0 Å². The van der Waals surface area contributed by atoms with Gasteiger partial charge in [-0.1, -0.05) is 60.7 Å². The van der Waals surface area contributed by atoms with Gasteiger partial charge in [0.2, 0.25) is 5.91 Å². The van der Waals surface area contributed by atoms with Gasteiger partial charge in [0.25, 0.3) is 5.91 Å². The average molecular weight is 414 g/mol. The summed E-state index contributed by atoms with van der Waals surface area (Å²) in [5.41, 5.74) is 3.65. The van der Waals surface area contributed by atoms with Gasteiger partial charge in [-0.2, -0.15) is 0 Å². The second-order valence-electron chi connectivity index (χ2n) is 7.26. The predicted octanol–water partition coefficient (Wildman–Crippen LogP) is 3.61. The number of amides is 2. The largest absolute Gasteiger partial charge is 0.452 e. The van der Waals surface area contributed by atoms with E-state index in [2.05, 4.69) is 5.32 Å². The van der Waals surface area contributed by atoms with Gasteiger partial charge >= 0.3 is 5.97 Å². The molecular weight excluding hydrogens is 392 g/mol. The second-order valence-corrected chi connectivity index (χ2v) is 7.26. The van der Waals surface area contributed by atoms with Crippen molar-refractivity contribution in [2.75, 3.05) is 23.4 Å². The summed E-state index contributed by atoms with van der Waals surface area (Å²) in [5.74, 6) is -1.28. The van der Waals surface area contributed by atoms with Crippen molar-refractivity contribution in [2.24, 2.45) is 0 Å². The Morgan fingerprint density at radius 2 is 1.58 bits per heavy atom. The lowest BCUT2D eigenvalue weighted by atomic mass is 10.00. The molecule has 1 N–H and O–H groups in total. The number of hydrogen-bond donors (Lipinski definition) is 1. The molecule has 1 aliphatic rings. The van der Waals surface area contributed by atoms with Crippen LogP contribution in [0.25, 0.3) is 0 Å². The lowest BCUT2D eigenvalue weighted by Crippen LogP contribution is -2.44. The van der Waals surface area contributed by atoms with Crippen LogP contribution in [0.5, 0.6) is 0 Å². The summed E-state index contributed by atoms with van der Waals surface area (Å²) in [4.78, 5) is 38.7. The molecule has 0 fully saturated rings. The van der Waals surface area contributed by atoms with Crippen LogP contribution in [-0.4, -0.2) is 30.9 Å². The number of nitrogens with zero attached hydrogens (tertiary/aromatic N) is 1. The molecule has 156 valence electrons. The fourth-order valence-corrected chi connectivity index (χ4v) is 3.60. The van der Waals surface area contributed by atoms with Crippen LogP contribution < -0.4 is 10.2 Å². The lowest BCUT2D eigenvalue weighted by Gasteiger charge is -2.28. The van der Waals surface area contributed by atoms with Crippen LogP contribution in [0.15, 0.2) is 78.9 Å². The molecule has 4 rings (SSSR count). The van der Waals surface area contributed by atoms with Gasteiger partial charge in [0.15, 0.2) is 6.61 Å². The number of hydrogen-bond acceptors (Lipinski definition) is 4. The van der Waals surface area contributed by atoms with Crippen LogP contribution in [0.2, 0.25) is 0 Å². The minimum absolute atomic E-state index is 0.110. The van der Waals surface area contributed by atoms with E-state index in [1.54, 1.807) is 36.4 Å². The standard InChI is InChI=1S/C25H22N2O4/c28-23-16-27(22-13-7-6-12-21(22)26-23)24(29)17-31-25(30)20-11-5-4-10-19(20)15-14-18-8-2-1-3-9-18/h1-13H,14-17H2,(H,26,28). The maximum atomic E-state index is 12.7. The highest BCUT2D eigenvalue weighted by Crippen LogP contribution is 2.28. The molecule has 1 heterocycles. The van der Waals surface area contributed by atoms with E-state index in [1.807, 2.05) is 42.5 Å². The number of nitrogens with one attached hydrogen (secondary N) is 1. The normalized spacial score (nSPS) is 12.6. The molecule has 0 atom stereocenters. The number of esters is 1. The Hall–Kier alpha value is -3.93. The SMILES string of the molecule is O=C1CN(C(=O)COC(=O)c2ccccc2CCc2ccccc2)c2ccccc2N1. The van der Waals surface area contributed by atoms with E-state index < -0.39 is 18.5 Å². The van der Waals surface area contributed by atoms with Crippen LogP contribution in [0.1, 0.15) is 21.5 Å². The number of anilines is 2. The van der Waals surface area contributed by atoms with Crippen molar-refractivity contribution in [3.63, 3.8) is 0 Å². The zero-order chi connectivity index (χ0) is 21.6. The van der Waals surface area contributed by atoms with Crippen LogP contribution in [0, 0.1) is 0 Å². The van der Waals surface area contributed by atoms with Crippen molar-refractivity contribution in [1.82, 2.24) is 0 Å². The van der Waals surface area contributed by atoms with E-state index in [-0.39, 0.29) is 12.5 Å². The molecule has 31 heavy (non-hydrogen) atoms. The number of carbonyl (C=O) groups is 3. The topological polar surface area (TPSA) is 75.7 Å². The summed E-state index contributed by atoms with van der Waals surface area (Å²) < 4.78 is 5.32. The number of rotatable bonds is 6. The van der Waals surface area contributed by atoms with Gasteiger partial charge in [-0.15, -0.1) is 0 Å². The predicted molar refractivity (Wildman–Crippen MR) is 118 cm³/mol. The molecule has 0 bridgehead atoms.